The molecule has 1 aliphatic heterocycles. The molecule has 15 heavy (non-hydrogen) atoms. The second-order valence-electron chi connectivity index (χ2n) is 3.77. The van der Waals surface area contributed by atoms with Crippen LogP contribution in [0.1, 0.15) is 17.8 Å². The lowest BCUT2D eigenvalue weighted by Gasteiger charge is -2.19. The van der Waals surface area contributed by atoms with Gasteiger partial charge in [0.05, 0.1) is 12.6 Å². The van der Waals surface area contributed by atoms with E-state index in [0.717, 1.165) is 24.4 Å². The van der Waals surface area contributed by atoms with Gasteiger partial charge in [0.15, 0.2) is 0 Å². The monoisotopic (exact) mass is 225 g/mol. The number of nitrogens with zero attached hydrogens (tertiary/aromatic N) is 2. The van der Waals surface area contributed by atoms with Crippen LogP contribution in [0.4, 0.5) is 0 Å². The van der Waals surface area contributed by atoms with Crippen LogP contribution in [-0.4, -0.2) is 35.4 Å². The summed E-state index contributed by atoms with van der Waals surface area (Å²) < 4.78 is 0. The van der Waals surface area contributed by atoms with Crippen molar-refractivity contribution in [3.8, 4) is 0 Å². The molecule has 0 aliphatic carbocycles. The van der Waals surface area contributed by atoms with Crippen LogP contribution >= 0.6 is 11.3 Å². The highest BCUT2D eigenvalue weighted by Crippen LogP contribution is 2.11. The summed E-state index contributed by atoms with van der Waals surface area (Å²) in [6, 6.07) is 0.0231. The molecule has 1 unspecified atom stereocenters. The molecule has 2 rings (SSSR count). The third-order valence-corrected chi connectivity index (χ3v) is 3.35. The van der Waals surface area contributed by atoms with E-state index in [-0.39, 0.29) is 11.9 Å². The van der Waals surface area contributed by atoms with Gasteiger partial charge in [0, 0.05) is 18.6 Å². The minimum Gasteiger partial charge on any atom is -0.338 e. The second kappa shape index (κ2) is 4.72. The van der Waals surface area contributed by atoms with Crippen molar-refractivity contribution in [2.45, 2.75) is 25.4 Å². The third-order valence-electron chi connectivity index (χ3n) is 2.59. The van der Waals surface area contributed by atoms with Gasteiger partial charge < -0.3 is 10.2 Å². The quantitative estimate of drug-likeness (QED) is 0.829. The zero-order valence-corrected chi connectivity index (χ0v) is 9.59. The molecule has 0 aromatic carbocycles. The molecule has 0 spiro atoms. The summed E-state index contributed by atoms with van der Waals surface area (Å²) >= 11 is 1.59. The molecule has 1 aliphatic rings. The number of amides is 1. The van der Waals surface area contributed by atoms with E-state index >= 15 is 0 Å². The van der Waals surface area contributed by atoms with Gasteiger partial charge in [-0.3, -0.25) is 4.79 Å². The fraction of sp³-hybridized carbons (Fsp3) is 0.600. The van der Waals surface area contributed by atoms with Crippen LogP contribution < -0.4 is 5.32 Å². The predicted octanol–water partition coefficient (Wildman–Crippen LogP) is 0.853. The van der Waals surface area contributed by atoms with Crippen LogP contribution in [0, 0.1) is 0 Å². The molecule has 0 radical (unpaired) electrons. The van der Waals surface area contributed by atoms with Crippen molar-refractivity contribution in [1.82, 2.24) is 15.2 Å². The first-order chi connectivity index (χ1) is 7.27. The van der Waals surface area contributed by atoms with Gasteiger partial charge >= 0.3 is 0 Å². The van der Waals surface area contributed by atoms with Gasteiger partial charge in [0.1, 0.15) is 5.01 Å². The first-order valence-electron chi connectivity index (χ1n) is 5.14. The van der Waals surface area contributed by atoms with E-state index < -0.39 is 0 Å². The Kier molecular flexibility index (Phi) is 3.33. The maximum Gasteiger partial charge on any atom is 0.239 e. The highest BCUT2D eigenvalue weighted by Gasteiger charge is 2.25. The summed E-state index contributed by atoms with van der Waals surface area (Å²) in [5, 5.41) is 6.13. The van der Waals surface area contributed by atoms with E-state index in [1.807, 2.05) is 12.4 Å². The average Bonchev–Trinajstić information content (AvgIpc) is 2.88. The maximum absolute atomic E-state index is 11.9. The molecule has 1 N–H and O–H groups in total. The van der Waals surface area contributed by atoms with Crippen LogP contribution in [-0.2, 0) is 11.3 Å². The lowest BCUT2D eigenvalue weighted by molar-refractivity contribution is -0.132. The van der Waals surface area contributed by atoms with E-state index in [9.17, 15) is 4.79 Å². The predicted molar refractivity (Wildman–Crippen MR) is 59.6 cm³/mol. The van der Waals surface area contributed by atoms with E-state index in [4.69, 9.17) is 0 Å². The van der Waals surface area contributed by atoms with Crippen molar-refractivity contribution in [2.75, 3.05) is 13.6 Å². The van der Waals surface area contributed by atoms with E-state index in [2.05, 4.69) is 10.3 Å². The molecule has 1 aromatic heterocycles. The maximum atomic E-state index is 11.9. The van der Waals surface area contributed by atoms with Gasteiger partial charge in [-0.1, -0.05) is 0 Å². The van der Waals surface area contributed by atoms with Gasteiger partial charge in [-0.05, 0) is 19.4 Å². The Balaban J connectivity index is 1.89. The summed E-state index contributed by atoms with van der Waals surface area (Å²) in [7, 11) is 1.84. The lowest BCUT2D eigenvalue weighted by atomic mass is 10.2. The minimum atomic E-state index is 0.0231. The molecule has 0 bridgehead atoms. The number of hydrogen-bond donors (Lipinski definition) is 1. The van der Waals surface area contributed by atoms with E-state index in [1.165, 1.54) is 0 Å². The van der Waals surface area contributed by atoms with E-state index in [1.54, 1.807) is 22.4 Å². The molecular formula is C10H15N3OS. The molecule has 0 saturated carbocycles. The fourth-order valence-electron chi connectivity index (χ4n) is 1.77. The third kappa shape index (κ3) is 2.54. The molecule has 82 valence electrons. The van der Waals surface area contributed by atoms with E-state index in [0.29, 0.717) is 6.54 Å². The van der Waals surface area contributed by atoms with Crippen molar-refractivity contribution in [2.24, 2.45) is 0 Å². The van der Waals surface area contributed by atoms with Gasteiger partial charge in [0.2, 0.25) is 5.91 Å². The molecular weight excluding hydrogens is 210 g/mol. The van der Waals surface area contributed by atoms with Crippen LogP contribution in [0.5, 0.6) is 0 Å². The normalized spacial score (nSPS) is 20.5. The van der Waals surface area contributed by atoms with Gasteiger partial charge in [-0.25, -0.2) is 4.98 Å². The Morgan fingerprint density at radius 2 is 2.67 bits per heavy atom. The Bertz CT molecular complexity index is 319. The van der Waals surface area contributed by atoms with Crippen molar-refractivity contribution >= 4 is 17.2 Å². The molecule has 1 fully saturated rings. The van der Waals surface area contributed by atoms with Crippen LogP contribution in [0.25, 0.3) is 0 Å². The largest absolute Gasteiger partial charge is 0.338 e. The highest BCUT2D eigenvalue weighted by atomic mass is 32.1. The standard InChI is InChI=1S/C10H15N3OS/c1-13(7-9-12-5-6-15-9)10(14)8-3-2-4-11-8/h5-6,8,11H,2-4,7H2,1H3. The summed E-state index contributed by atoms with van der Waals surface area (Å²) in [5.41, 5.74) is 0. The Hall–Kier alpha value is -0.940. The zero-order valence-electron chi connectivity index (χ0n) is 8.77. The topological polar surface area (TPSA) is 45.2 Å². The first-order valence-corrected chi connectivity index (χ1v) is 6.02. The zero-order chi connectivity index (χ0) is 10.7. The summed E-state index contributed by atoms with van der Waals surface area (Å²) in [6.07, 6.45) is 3.83. The average molecular weight is 225 g/mol. The van der Waals surface area contributed by atoms with Crippen molar-refractivity contribution in [3.63, 3.8) is 0 Å². The van der Waals surface area contributed by atoms with Gasteiger partial charge in [0.25, 0.3) is 0 Å². The number of thiazole rings is 1. The number of carbonyl (C=O) groups excluding carboxylic acids is 1. The molecule has 1 aromatic rings. The number of carbonyl (C=O) groups is 1. The number of likely N-dealkylation sites (N-methyl/N-ethyl adjacent to an activating group) is 1. The smallest absolute Gasteiger partial charge is 0.239 e. The molecule has 1 atom stereocenters. The molecule has 1 saturated heterocycles. The Morgan fingerprint density at radius 1 is 1.80 bits per heavy atom. The second-order valence-corrected chi connectivity index (χ2v) is 4.75. The summed E-state index contributed by atoms with van der Waals surface area (Å²) in [4.78, 5) is 17.8. The fourth-order valence-corrected chi connectivity index (χ4v) is 2.44. The number of hydrogen-bond acceptors (Lipinski definition) is 4. The number of aromatic nitrogens is 1. The summed E-state index contributed by atoms with van der Waals surface area (Å²) in [5.74, 6) is 0.183. The van der Waals surface area contributed by atoms with Gasteiger partial charge in [-0.2, -0.15) is 0 Å². The molecule has 4 nitrogen and oxygen atoms in total. The Labute approximate surface area is 93.3 Å². The van der Waals surface area contributed by atoms with Crippen molar-refractivity contribution < 1.29 is 4.79 Å². The van der Waals surface area contributed by atoms with Crippen LogP contribution in [0.15, 0.2) is 11.6 Å². The molecule has 5 heteroatoms. The van der Waals surface area contributed by atoms with Gasteiger partial charge in [-0.15, -0.1) is 11.3 Å². The first kappa shape index (κ1) is 10.6. The van der Waals surface area contributed by atoms with Crippen molar-refractivity contribution in [3.05, 3.63) is 16.6 Å². The van der Waals surface area contributed by atoms with Crippen LogP contribution in [0.3, 0.4) is 0 Å². The number of rotatable bonds is 3. The van der Waals surface area contributed by atoms with Crippen molar-refractivity contribution in [1.29, 1.82) is 0 Å². The highest BCUT2D eigenvalue weighted by molar-refractivity contribution is 7.09. The lowest BCUT2D eigenvalue weighted by Crippen LogP contribution is -2.41. The van der Waals surface area contributed by atoms with Crippen LogP contribution in [0.2, 0.25) is 0 Å². The molecule has 1 amide bonds. The number of nitrogens with one attached hydrogen (secondary N) is 1. The molecule has 2 heterocycles. The SMILES string of the molecule is CN(Cc1nccs1)C(=O)C1CCCN1. The summed E-state index contributed by atoms with van der Waals surface area (Å²) in [6.45, 7) is 1.58. The minimum absolute atomic E-state index is 0.0231. The Morgan fingerprint density at radius 3 is 3.27 bits per heavy atom.